The van der Waals surface area contributed by atoms with Crippen molar-refractivity contribution in [1.29, 1.82) is 0 Å². The molecule has 2 aromatic carbocycles. The molecule has 1 aliphatic rings. The summed E-state index contributed by atoms with van der Waals surface area (Å²) in [5.74, 6) is 0. The molecule has 0 bridgehead atoms. The number of hydrogen-bond acceptors (Lipinski definition) is 6. The van der Waals surface area contributed by atoms with Crippen molar-refractivity contribution >= 4 is 34.7 Å². The van der Waals surface area contributed by atoms with Gasteiger partial charge in [0.05, 0.1) is 17.1 Å². The van der Waals surface area contributed by atoms with Crippen LogP contribution >= 0.6 is 11.9 Å². The second-order valence-corrected chi connectivity index (χ2v) is 6.72. The third-order valence-corrected chi connectivity index (χ3v) is 4.85. The van der Waals surface area contributed by atoms with Gasteiger partial charge in [-0.2, -0.15) is 5.10 Å². The number of anilines is 2. The lowest BCUT2D eigenvalue weighted by atomic mass is 9.98. The molecule has 5 nitrogen and oxygen atoms in total. The minimum absolute atomic E-state index is 0.430. The van der Waals surface area contributed by atoms with Crippen molar-refractivity contribution in [3.05, 3.63) is 60.2 Å². The highest BCUT2D eigenvalue weighted by Crippen LogP contribution is 2.32. The van der Waals surface area contributed by atoms with Crippen LogP contribution in [0.3, 0.4) is 0 Å². The minimum Gasteiger partial charge on any atom is -0.399 e. The smallest absolute Gasteiger partial charge is 0.0656 e. The van der Waals surface area contributed by atoms with Crippen LogP contribution in [-0.2, 0) is 6.42 Å². The number of nitrogen functional groups attached to an aromatic ring is 1. The average Bonchev–Trinajstić information content (AvgIpc) is 2.70. The lowest BCUT2D eigenvalue weighted by molar-refractivity contribution is 0.856. The van der Waals surface area contributed by atoms with Gasteiger partial charge in [-0.1, -0.05) is 12.6 Å². The zero-order valence-electron chi connectivity index (χ0n) is 14.1. The molecule has 0 unspecified atom stereocenters. The third kappa shape index (κ3) is 3.87. The molecule has 0 amide bonds. The summed E-state index contributed by atoms with van der Waals surface area (Å²) in [5.41, 5.74) is 17.6. The van der Waals surface area contributed by atoms with E-state index in [4.69, 9.17) is 21.7 Å². The molecule has 0 spiro atoms. The molecule has 3 rings (SSSR count). The van der Waals surface area contributed by atoms with Crippen LogP contribution in [0.5, 0.6) is 0 Å². The van der Waals surface area contributed by atoms with E-state index in [1.54, 1.807) is 0 Å². The average molecular weight is 353 g/mol. The molecule has 0 radical (unpaired) electrons. The molecule has 0 fully saturated rings. The van der Waals surface area contributed by atoms with Crippen molar-refractivity contribution in [2.45, 2.75) is 24.2 Å². The Labute approximate surface area is 152 Å². The number of fused-ring (bicyclic) bond motifs is 1. The monoisotopic (exact) mass is 353 g/mol. The molecule has 0 aliphatic carbocycles. The van der Waals surface area contributed by atoms with Crippen molar-refractivity contribution in [3.63, 3.8) is 0 Å². The Hall–Kier alpha value is -2.28. The van der Waals surface area contributed by atoms with E-state index >= 15 is 0 Å². The summed E-state index contributed by atoms with van der Waals surface area (Å²) in [5, 5.41) is 12.3. The van der Waals surface area contributed by atoms with Crippen LogP contribution in [0.25, 0.3) is 5.70 Å². The van der Waals surface area contributed by atoms with Gasteiger partial charge in [-0.3, -0.25) is 5.14 Å². The first-order valence-electron chi connectivity index (χ1n) is 8.23. The maximum atomic E-state index is 6.02. The third-order valence-electron chi connectivity index (χ3n) is 4.31. The number of aryl methyl sites for hydroxylation is 1. The number of nitrogens with two attached hydrogens (primary N) is 3. The highest BCUT2D eigenvalue weighted by atomic mass is 32.2. The quantitative estimate of drug-likeness (QED) is 0.581. The van der Waals surface area contributed by atoms with Gasteiger partial charge in [0.15, 0.2) is 0 Å². The molecule has 25 heavy (non-hydrogen) atoms. The first kappa shape index (κ1) is 17.5. The Morgan fingerprint density at radius 3 is 2.56 bits per heavy atom. The van der Waals surface area contributed by atoms with Crippen LogP contribution in [-0.4, -0.2) is 12.3 Å². The molecular formula is C19H23N5S. The van der Waals surface area contributed by atoms with Gasteiger partial charge in [0.1, 0.15) is 0 Å². The van der Waals surface area contributed by atoms with Gasteiger partial charge in [-0.15, -0.1) is 0 Å². The Kier molecular flexibility index (Phi) is 5.43. The van der Waals surface area contributed by atoms with Gasteiger partial charge >= 0.3 is 0 Å². The van der Waals surface area contributed by atoms with E-state index in [1.807, 2.05) is 41.4 Å². The molecule has 6 N–H and O–H groups in total. The van der Waals surface area contributed by atoms with Gasteiger partial charge in [0.25, 0.3) is 0 Å². The minimum atomic E-state index is 0.430. The fourth-order valence-corrected chi connectivity index (χ4v) is 3.25. The van der Waals surface area contributed by atoms with E-state index < -0.39 is 0 Å². The summed E-state index contributed by atoms with van der Waals surface area (Å²) < 4.78 is 0. The van der Waals surface area contributed by atoms with E-state index in [1.165, 1.54) is 17.5 Å². The second-order valence-electron chi connectivity index (χ2n) is 6.01. The Morgan fingerprint density at radius 1 is 1.12 bits per heavy atom. The molecule has 2 aromatic rings. The zero-order chi connectivity index (χ0) is 17.8. The van der Waals surface area contributed by atoms with Crippen molar-refractivity contribution in [2.75, 3.05) is 17.3 Å². The van der Waals surface area contributed by atoms with Crippen molar-refractivity contribution in [1.82, 2.24) is 0 Å². The summed E-state index contributed by atoms with van der Waals surface area (Å²) in [7, 11) is 0. The van der Waals surface area contributed by atoms with Crippen LogP contribution in [0, 0.1) is 0 Å². The number of hydrazone groups is 1. The normalized spacial score (nSPS) is 17.1. The van der Waals surface area contributed by atoms with Gasteiger partial charge in [-0.25, -0.2) is 5.01 Å². The van der Waals surface area contributed by atoms with Crippen LogP contribution in [0.2, 0.25) is 0 Å². The summed E-state index contributed by atoms with van der Waals surface area (Å²) >= 11 is 1.22. The molecule has 0 aromatic heterocycles. The predicted molar refractivity (Wildman–Crippen MR) is 108 cm³/mol. The Balaban J connectivity index is 2.09. The van der Waals surface area contributed by atoms with E-state index in [0.717, 1.165) is 52.5 Å². The van der Waals surface area contributed by atoms with E-state index in [0.29, 0.717) is 6.54 Å². The molecule has 130 valence electrons. The maximum Gasteiger partial charge on any atom is 0.0656 e. The predicted octanol–water partition coefficient (Wildman–Crippen LogP) is 3.36. The fraction of sp³-hybridized carbons (Fsp3) is 0.211. The number of hydrogen-bond donors (Lipinski definition) is 3. The number of nitrogens with zero attached hydrogens (tertiary/aromatic N) is 2. The van der Waals surface area contributed by atoms with Crippen molar-refractivity contribution < 1.29 is 0 Å². The lowest BCUT2D eigenvalue weighted by Gasteiger charge is -2.24. The van der Waals surface area contributed by atoms with E-state index in [-0.39, 0.29) is 0 Å². The molecule has 0 atom stereocenters. The first-order valence-corrected chi connectivity index (χ1v) is 9.11. The Morgan fingerprint density at radius 2 is 1.88 bits per heavy atom. The van der Waals surface area contributed by atoms with E-state index in [2.05, 4.69) is 12.6 Å². The van der Waals surface area contributed by atoms with Crippen LogP contribution < -0.4 is 21.6 Å². The van der Waals surface area contributed by atoms with Crippen molar-refractivity contribution in [3.8, 4) is 0 Å². The summed E-state index contributed by atoms with van der Waals surface area (Å²) in [6.45, 7) is 4.73. The molecule has 0 saturated heterocycles. The van der Waals surface area contributed by atoms with Gasteiger partial charge in [0, 0.05) is 22.7 Å². The van der Waals surface area contributed by atoms with Crippen LogP contribution in [0.15, 0.2) is 59.0 Å². The summed E-state index contributed by atoms with van der Waals surface area (Å²) in [6.07, 6.45) is 2.81. The maximum absolute atomic E-state index is 6.02. The SMILES string of the molecule is C=C1c2cc(N)ccc2CCC/C(CN)=N\N1c1ccc(SN)cc1. The standard InChI is InChI=1S/C19H23N5S/c1-13-19-11-15(21)6-5-14(19)3-2-4-16(12-20)23-24(13)17-7-9-18(25-22)10-8-17/h5-11H,1-4,12,20-22H2/b23-16+. The lowest BCUT2D eigenvalue weighted by Crippen LogP contribution is -2.21. The van der Waals surface area contributed by atoms with Crippen LogP contribution in [0.4, 0.5) is 11.4 Å². The molecule has 6 heteroatoms. The number of rotatable bonds is 3. The Bertz CT molecular complexity index is 798. The first-order chi connectivity index (χ1) is 12.1. The molecule has 1 aliphatic heterocycles. The topological polar surface area (TPSA) is 93.7 Å². The summed E-state index contributed by atoms with van der Waals surface area (Å²) in [6, 6.07) is 13.9. The highest BCUT2D eigenvalue weighted by Gasteiger charge is 2.18. The van der Waals surface area contributed by atoms with Gasteiger partial charge in [-0.05, 0) is 73.2 Å². The fourth-order valence-electron chi connectivity index (χ4n) is 2.95. The molecular weight excluding hydrogens is 330 g/mol. The van der Waals surface area contributed by atoms with Gasteiger partial charge in [0.2, 0.25) is 0 Å². The van der Waals surface area contributed by atoms with E-state index in [9.17, 15) is 0 Å². The highest BCUT2D eigenvalue weighted by molar-refractivity contribution is 7.97. The molecule has 1 heterocycles. The van der Waals surface area contributed by atoms with Crippen LogP contribution in [0.1, 0.15) is 24.0 Å². The second kappa shape index (κ2) is 7.74. The van der Waals surface area contributed by atoms with Crippen molar-refractivity contribution in [2.24, 2.45) is 16.0 Å². The van der Waals surface area contributed by atoms with Gasteiger partial charge < -0.3 is 11.5 Å². The number of benzene rings is 2. The molecule has 0 saturated carbocycles. The summed E-state index contributed by atoms with van der Waals surface area (Å²) in [4.78, 5) is 0.992. The largest absolute Gasteiger partial charge is 0.399 e. The zero-order valence-corrected chi connectivity index (χ0v) is 14.9.